The molecule has 1 heterocycles. The van der Waals surface area contributed by atoms with Gasteiger partial charge in [0, 0.05) is 18.9 Å². The maximum atomic E-state index is 11.7. The summed E-state index contributed by atoms with van der Waals surface area (Å²) < 4.78 is 5.50. The predicted octanol–water partition coefficient (Wildman–Crippen LogP) is 2.95. The van der Waals surface area contributed by atoms with E-state index in [2.05, 4.69) is 13.8 Å². The number of ketones is 1. The Bertz CT molecular complexity index is 167. The zero-order chi connectivity index (χ0) is 10.4. The van der Waals surface area contributed by atoms with Gasteiger partial charge in [-0.1, -0.05) is 13.8 Å². The van der Waals surface area contributed by atoms with E-state index in [-0.39, 0.29) is 5.92 Å². The van der Waals surface area contributed by atoms with Crippen molar-refractivity contribution in [3.05, 3.63) is 0 Å². The third kappa shape index (κ3) is 3.41. The summed E-state index contributed by atoms with van der Waals surface area (Å²) in [5, 5.41) is 0. The lowest BCUT2D eigenvalue weighted by Crippen LogP contribution is -2.15. The topological polar surface area (TPSA) is 26.3 Å². The van der Waals surface area contributed by atoms with Gasteiger partial charge >= 0.3 is 0 Å². The molecular formula is C12H22O2. The smallest absolute Gasteiger partial charge is 0.136 e. The van der Waals surface area contributed by atoms with Gasteiger partial charge in [0.25, 0.3) is 0 Å². The Balaban J connectivity index is 2.18. The van der Waals surface area contributed by atoms with Crippen LogP contribution in [-0.4, -0.2) is 18.5 Å². The molecule has 2 nitrogen and oxygen atoms in total. The largest absolute Gasteiger partial charge is 0.378 e. The van der Waals surface area contributed by atoms with E-state index in [0.717, 1.165) is 38.7 Å². The molecule has 1 fully saturated rings. The molecule has 0 aromatic heterocycles. The molecule has 0 aliphatic carbocycles. The molecule has 82 valence electrons. The SMILES string of the molecule is CCC(CC)C(=O)CCC1CCCO1. The van der Waals surface area contributed by atoms with E-state index in [1.807, 2.05) is 0 Å². The van der Waals surface area contributed by atoms with Crippen LogP contribution in [0.5, 0.6) is 0 Å². The molecule has 0 bridgehead atoms. The van der Waals surface area contributed by atoms with E-state index in [1.54, 1.807) is 0 Å². The van der Waals surface area contributed by atoms with E-state index in [1.165, 1.54) is 6.42 Å². The van der Waals surface area contributed by atoms with Crippen molar-refractivity contribution >= 4 is 5.78 Å². The summed E-state index contributed by atoms with van der Waals surface area (Å²) in [7, 11) is 0. The summed E-state index contributed by atoms with van der Waals surface area (Å²) >= 11 is 0. The quantitative estimate of drug-likeness (QED) is 0.656. The van der Waals surface area contributed by atoms with E-state index in [9.17, 15) is 4.79 Å². The van der Waals surface area contributed by atoms with Crippen LogP contribution in [0.2, 0.25) is 0 Å². The van der Waals surface area contributed by atoms with Gasteiger partial charge in [0.15, 0.2) is 0 Å². The Morgan fingerprint density at radius 2 is 2.14 bits per heavy atom. The number of hydrogen-bond acceptors (Lipinski definition) is 2. The summed E-state index contributed by atoms with van der Waals surface area (Å²) in [5.74, 6) is 0.724. The fraction of sp³-hybridized carbons (Fsp3) is 0.917. The maximum absolute atomic E-state index is 11.7. The van der Waals surface area contributed by atoms with Crippen LogP contribution in [0.3, 0.4) is 0 Å². The van der Waals surface area contributed by atoms with Crippen molar-refractivity contribution in [1.29, 1.82) is 0 Å². The van der Waals surface area contributed by atoms with Crippen LogP contribution in [0.15, 0.2) is 0 Å². The zero-order valence-corrected chi connectivity index (χ0v) is 9.42. The van der Waals surface area contributed by atoms with Gasteiger partial charge in [-0.25, -0.2) is 0 Å². The second kappa shape index (κ2) is 6.18. The van der Waals surface area contributed by atoms with Gasteiger partial charge in [-0.05, 0) is 32.1 Å². The van der Waals surface area contributed by atoms with E-state index in [0.29, 0.717) is 11.9 Å². The lowest BCUT2D eigenvalue weighted by Gasteiger charge is -2.13. The van der Waals surface area contributed by atoms with E-state index in [4.69, 9.17) is 4.74 Å². The van der Waals surface area contributed by atoms with Crippen molar-refractivity contribution in [2.24, 2.45) is 5.92 Å². The lowest BCUT2D eigenvalue weighted by atomic mass is 9.94. The third-order valence-electron chi connectivity index (χ3n) is 3.18. The van der Waals surface area contributed by atoms with Crippen molar-refractivity contribution in [2.45, 2.75) is 58.5 Å². The predicted molar refractivity (Wildman–Crippen MR) is 57.3 cm³/mol. The van der Waals surface area contributed by atoms with Gasteiger partial charge in [0.05, 0.1) is 6.10 Å². The lowest BCUT2D eigenvalue weighted by molar-refractivity contribution is -0.123. The first-order valence-electron chi connectivity index (χ1n) is 5.92. The van der Waals surface area contributed by atoms with Crippen molar-refractivity contribution < 1.29 is 9.53 Å². The molecular weight excluding hydrogens is 176 g/mol. The van der Waals surface area contributed by atoms with Gasteiger partial charge < -0.3 is 4.74 Å². The average Bonchev–Trinajstić information content (AvgIpc) is 2.69. The standard InChI is InChI=1S/C12H22O2/c1-3-10(4-2)12(13)8-7-11-6-5-9-14-11/h10-11H,3-9H2,1-2H3. The van der Waals surface area contributed by atoms with Gasteiger partial charge in [-0.2, -0.15) is 0 Å². The van der Waals surface area contributed by atoms with Crippen LogP contribution in [-0.2, 0) is 9.53 Å². The first-order valence-corrected chi connectivity index (χ1v) is 5.92. The minimum absolute atomic E-state index is 0.288. The Morgan fingerprint density at radius 3 is 2.64 bits per heavy atom. The number of carbonyl (C=O) groups is 1. The Kier molecular flexibility index (Phi) is 5.16. The summed E-state index contributed by atoms with van der Waals surface area (Å²) in [6, 6.07) is 0. The molecule has 1 aliphatic heterocycles. The number of rotatable bonds is 6. The Labute approximate surface area is 87.0 Å². The molecule has 1 atom stereocenters. The zero-order valence-electron chi connectivity index (χ0n) is 9.42. The van der Waals surface area contributed by atoms with Gasteiger partial charge in [-0.3, -0.25) is 4.79 Å². The average molecular weight is 198 g/mol. The summed E-state index contributed by atoms with van der Waals surface area (Å²) in [6.45, 7) is 5.08. The summed E-state index contributed by atoms with van der Waals surface area (Å²) in [6.07, 6.45) is 6.32. The molecule has 2 heteroatoms. The number of hydrogen-bond donors (Lipinski definition) is 0. The van der Waals surface area contributed by atoms with Crippen LogP contribution < -0.4 is 0 Å². The molecule has 0 aromatic rings. The fourth-order valence-corrected chi connectivity index (χ4v) is 2.12. The molecule has 14 heavy (non-hydrogen) atoms. The summed E-state index contributed by atoms with van der Waals surface area (Å²) in [4.78, 5) is 11.7. The molecule has 0 radical (unpaired) electrons. The molecule has 1 rings (SSSR count). The molecule has 1 aliphatic rings. The van der Waals surface area contributed by atoms with Gasteiger partial charge in [-0.15, -0.1) is 0 Å². The number of Topliss-reactive ketones (excluding diaryl/α,β-unsaturated/α-hetero) is 1. The van der Waals surface area contributed by atoms with Crippen molar-refractivity contribution in [2.75, 3.05) is 6.61 Å². The van der Waals surface area contributed by atoms with Crippen LogP contribution in [0.4, 0.5) is 0 Å². The highest BCUT2D eigenvalue weighted by Gasteiger charge is 2.19. The van der Waals surface area contributed by atoms with Gasteiger partial charge in [0.1, 0.15) is 5.78 Å². The first kappa shape index (κ1) is 11.7. The fourth-order valence-electron chi connectivity index (χ4n) is 2.12. The highest BCUT2D eigenvalue weighted by Crippen LogP contribution is 2.19. The highest BCUT2D eigenvalue weighted by atomic mass is 16.5. The number of ether oxygens (including phenoxy) is 1. The molecule has 0 spiro atoms. The highest BCUT2D eigenvalue weighted by molar-refractivity contribution is 5.80. The van der Waals surface area contributed by atoms with E-state index < -0.39 is 0 Å². The first-order chi connectivity index (χ1) is 6.77. The maximum Gasteiger partial charge on any atom is 0.136 e. The second-order valence-electron chi connectivity index (χ2n) is 4.15. The van der Waals surface area contributed by atoms with Crippen LogP contribution in [0.25, 0.3) is 0 Å². The van der Waals surface area contributed by atoms with Crippen molar-refractivity contribution in [3.8, 4) is 0 Å². The minimum Gasteiger partial charge on any atom is -0.378 e. The normalized spacial score (nSPS) is 21.8. The Morgan fingerprint density at radius 1 is 1.43 bits per heavy atom. The minimum atomic E-state index is 0.288. The van der Waals surface area contributed by atoms with Crippen molar-refractivity contribution in [3.63, 3.8) is 0 Å². The van der Waals surface area contributed by atoms with E-state index >= 15 is 0 Å². The molecule has 0 aromatic carbocycles. The van der Waals surface area contributed by atoms with Crippen molar-refractivity contribution in [1.82, 2.24) is 0 Å². The Hall–Kier alpha value is -0.370. The molecule has 0 saturated carbocycles. The monoisotopic (exact) mass is 198 g/mol. The second-order valence-corrected chi connectivity index (χ2v) is 4.15. The third-order valence-corrected chi connectivity index (χ3v) is 3.18. The molecule has 0 N–H and O–H groups in total. The van der Waals surface area contributed by atoms with Crippen LogP contribution in [0.1, 0.15) is 52.4 Å². The molecule has 1 saturated heterocycles. The summed E-state index contributed by atoms with van der Waals surface area (Å²) in [5.41, 5.74) is 0. The molecule has 1 unspecified atom stereocenters. The van der Waals surface area contributed by atoms with Crippen LogP contribution in [0, 0.1) is 5.92 Å². The molecule has 0 amide bonds. The van der Waals surface area contributed by atoms with Crippen LogP contribution >= 0.6 is 0 Å². The number of carbonyl (C=O) groups excluding carboxylic acids is 1. The van der Waals surface area contributed by atoms with Gasteiger partial charge in [0.2, 0.25) is 0 Å².